The molecule has 0 saturated carbocycles. The molecule has 0 radical (unpaired) electrons. The molecular weight excluding hydrogens is 400 g/mol. The van der Waals surface area contributed by atoms with Crippen molar-refractivity contribution in [1.29, 1.82) is 0 Å². The molecule has 0 bridgehead atoms. The van der Waals surface area contributed by atoms with Crippen molar-refractivity contribution in [3.8, 4) is 5.75 Å². The highest BCUT2D eigenvalue weighted by molar-refractivity contribution is 6.33. The van der Waals surface area contributed by atoms with Gasteiger partial charge in [-0.3, -0.25) is 14.2 Å². The number of benzene rings is 2. The van der Waals surface area contributed by atoms with Crippen LogP contribution in [0, 0.1) is 13.8 Å². The molecule has 0 saturated heterocycles. The van der Waals surface area contributed by atoms with Gasteiger partial charge in [-0.2, -0.15) is 0 Å². The number of aryl methyl sites for hydroxylation is 1. The van der Waals surface area contributed by atoms with Gasteiger partial charge in [-0.1, -0.05) is 36.2 Å². The van der Waals surface area contributed by atoms with E-state index >= 15 is 0 Å². The number of rotatable bonds is 6. The van der Waals surface area contributed by atoms with Gasteiger partial charge in [0, 0.05) is 22.7 Å². The Bertz CT molecular complexity index is 1100. The number of aromatic nitrogens is 1. The van der Waals surface area contributed by atoms with Crippen molar-refractivity contribution in [1.82, 2.24) is 9.88 Å². The third-order valence-electron chi connectivity index (χ3n) is 5.47. The fourth-order valence-electron chi connectivity index (χ4n) is 3.54. The standard InChI is InChI=1S/C24H27ClN2O3/c1-6-15(3)26-23(28)12-18-16(4)27(24(29)17-9-7-14(2)8-10-17)21-13-20(25)22(30-5)11-19(18)21/h7-11,13,15H,6,12H2,1-5H3,(H,26,28). The van der Waals surface area contributed by atoms with Gasteiger partial charge in [0.05, 0.1) is 24.1 Å². The topological polar surface area (TPSA) is 60.3 Å². The number of carbonyl (C=O) groups excluding carboxylic acids is 2. The summed E-state index contributed by atoms with van der Waals surface area (Å²) in [5.74, 6) is 0.267. The number of ether oxygens (including phenoxy) is 1. The Morgan fingerprint density at radius 2 is 1.83 bits per heavy atom. The molecule has 0 aliphatic rings. The summed E-state index contributed by atoms with van der Waals surface area (Å²) in [7, 11) is 1.55. The van der Waals surface area contributed by atoms with Gasteiger partial charge in [0.15, 0.2) is 0 Å². The van der Waals surface area contributed by atoms with Gasteiger partial charge in [-0.05, 0) is 57.0 Å². The van der Waals surface area contributed by atoms with Crippen LogP contribution in [0.4, 0.5) is 0 Å². The van der Waals surface area contributed by atoms with Crippen molar-refractivity contribution in [3.63, 3.8) is 0 Å². The SMILES string of the molecule is CCC(C)NC(=O)Cc1c(C)n(C(=O)c2ccc(C)cc2)c2cc(Cl)c(OC)cc12. The number of nitrogens with one attached hydrogen (secondary N) is 1. The average Bonchev–Trinajstić information content (AvgIpc) is 2.97. The molecular formula is C24H27ClN2O3. The number of nitrogens with zero attached hydrogens (tertiary/aromatic N) is 1. The van der Waals surface area contributed by atoms with Gasteiger partial charge >= 0.3 is 0 Å². The van der Waals surface area contributed by atoms with Crippen molar-refractivity contribution < 1.29 is 14.3 Å². The molecule has 3 aromatic rings. The lowest BCUT2D eigenvalue weighted by molar-refractivity contribution is -0.121. The maximum atomic E-state index is 13.4. The first-order chi connectivity index (χ1) is 14.3. The molecule has 1 unspecified atom stereocenters. The Labute approximate surface area is 182 Å². The van der Waals surface area contributed by atoms with E-state index in [0.29, 0.717) is 21.9 Å². The molecule has 1 heterocycles. The van der Waals surface area contributed by atoms with Crippen molar-refractivity contribution in [2.45, 2.75) is 46.6 Å². The van der Waals surface area contributed by atoms with Crippen LogP contribution in [0.3, 0.4) is 0 Å². The quantitative estimate of drug-likeness (QED) is 0.598. The molecule has 1 atom stereocenters. The van der Waals surface area contributed by atoms with E-state index in [2.05, 4.69) is 5.32 Å². The maximum Gasteiger partial charge on any atom is 0.262 e. The highest BCUT2D eigenvalue weighted by Crippen LogP contribution is 2.35. The zero-order chi connectivity index (χ0) is 22.0. The maximum absolute atomic E-state index is 13.4. The second-order valence-electron chi connectivity index (χ2n) is 7.63. The minimum absolute atomic E-state index is 0.0804. The average molecular weight is 427 g/mol. The van der Waals surface area contributed by atoms with Crippen molar-refractivity contribution in [2.75, 3.05) is 7.11 Å². The Kier molecular flexibility index (Phi) is 6.52. The first kappa shape index (κ1) is 21.9. The van der Waals surface area contributed by atoms with Crippen molar-refractivity contribution >= 4 is 34.3 Å². The number of methoxy groups -OCH3 is 1. The normalized spacial score (nSPS) is 12.1. The minimum Gasteiger partial charge on any atom is -0.495 e. The number of carbonyl (C=O) groups is 2. The molecule has 2 aromatic carbocycles. The van der Waals surface area contributed by atoms with Gasteiger partial charge in [0.2, 0.25) is 5.91 Å². The third-order valence-corrected chi connectivity index (χ3v) is 5.76. The number of hydrogen-bond donors (Lipinski definition) is 1. The van der Waals surface area contributed by atoms with Gasteiger partial charge in [0.1, 0.15) is 5.75 Å². The zero-order valence-electron chi connectivity index (χ0n) is 18.0. The molecule has 0 aliphatic carbocycles. The summed E-state index contributed by atoms with van der Waals surface area (Å²) in [6.45, 7) is 7.83. The summed E-state index contributed by atoms with van der Waals surface area (Å²) in [4.78, 5) is 26.0. The first-order valence-electron chi connectivity index (χ1n) is 10.0. The van der Waals surface area contributed by atoms with Gasteiger partial charge in [-0.15, -0.1) is 0 Å². The number of fused-ring (bicyclic) bond motifs is 1. The highest BCUT2D eigenvalue weighted by Gasteiger charge is 2.23. The highest BCUT2D eigenvalue weighted by atomic mass is 35.5. The minimum atomic E-state index is -0.160. The van der Waals surface area contributed by atoms with E-state index in [9.17, 15) is 9.59 Å². The summed E-state index contributed by atoms with van der Waals surface area (Å²) in [6, 6.07) is 11.0. The molecule has 0 fully saturated rings. The van der Waals surface area contributed by atoms with E-state index in [1.165, 1.54) is 0 Å². The van der Waals surface area contributed by atoms with E-state index in [-0.39, 0.29) is 24.3 Å². The predicted octanol–water partition coefficient (Wildman–Crippen LogP) is 5.07. The smallest absolute Gasteiger partial charge is 0.262 e. The van der Waals surface area contributed by atoms with Gasteiger partial charge < -0.3 is 10.1 Å². The molecule has 0 spiro atoms. The molecule has 1 amide bonds. The molecule has 158 valence electrons. The van der Waals surface area contributed by atoms with E-state index in [4.69, 9.17) is 16.3 Å². The van der Waals surface area contributed by atoms with Crippen LogP contribution in [0.2, 0.25) is 5.02 Å². The summed E-state index contributed by atoms with van der Waals surface area (Å²) in [5.41, 5.74) is 3.83. The number of amides is 1. The summed E-state index contributed by atoms with van der Waals surface area (Å²) in [5, 5.41) is 4.19. The second-order valence-corrected chi connectivity index (χ2v) is 8.04. The Hall–Kier alpha value is -2.79. The monoisotopic (exact) mass is 426 g/mol. The fraction of sp³-hybridized carbons (Fsp3) is 0.333. The number of hydrogen-bond acceptors (Lipinski definition) is 3. The van der Waals surface area contributed by atoms with Crippen LogP contribution in [-0.4, -0.2) is 29.5 Å². The third kappa shape index (κ3) is 4.21. The molecule has 1 aromatic heterocycles. The zero-order valence-corrected chi connectivity index (χ0v) is 18.8. The lowest BCUT2D eigenvalue weighted by Crippen LogP contribution is -2.33. The van der Waals surface area contributed by atoms with Crippen LogP contribution in [0.5, 0.6) is 5.75 Å². The van der Waals surface area contributed by atoms with E-state index in [1.54, 1.807) is 23.8 Å². The van der Waals surface area contributed by atoms with E-state index in [1.807, 2.05) is 52.0 Å². The predicted molar refractivity (Wildman–Crippen MR) is 121 cm³/mol. The van der Waals surface area contributed by atoms with Crippen LogP contribution in [0.15, 0.2) is 36.4 Å². The van der Waals surface area contributed by atoms with Crippen molar-refractivity contribution in [3.05, 3.63) is 63.8 Å². The van der Waals surface area contributed by atoms with E-state index < -0.39 is 0 Å². The largest absolute Gasteiger partial charge is 0.495 e. The van der Waals surface area contributed by atoms with Crippen LogP contribution in [0.1, 0.15) is 47.4 Å². The second kappa shape index (κ2) is 8.92. The van der Waals surface area contributed by atoms with Gasteiger partial charge in [0.25, 0.3) is 5.91 Å². The fourth-order valence-corrected chi connectivity index (χ4v) is 3.77. The summed E-state index contributed by atoms with van der Waals surface area (Å²) >= 11 is 6.37. The molecule has 6 heteroatoms. The van der Waals surface area contributed by atoms with E-state index in [0.717, 1.165) is 28.6 Å². The molecule has 3 rings (SSSR count). The van der Waals surface area contributed by atoms with Gasteiger partial charge in [-0.25, -0.2) is 0 Å². The number of halogens is 1. The first-order valence-corrected chi connectivity index (χ1v) is 10.4. The Morgan fingerprint density at radius 1 is 1.17 bits per heavy atom. The Balaban J connectivity index is 2.16. The molecule has 0 aliphatic heterocycles. The lowest BCUT2D eigenvalue weighted by Gasteiger charge is -2.12. The van der Waals surface area contributed by atoms with Crippen LogP contribution >= 0.6 is 11.6 Å². The Morgan fingerprint density at radius 3 is 2.43 bits per heavy atom. The van der Waals surface area contributed by atoms with Crippen molar-refractivity contribution in [2.24, 2.45) is 0 Å². The summed E-state index contributed by atoms with van der Waals surface area (Å²) < 4.78 is 7.01. The molecule has 1 N–H and O–H groups in total. The van der Waals surface area contributed by atoms with Crippen LogP contribution < -0.4 is 10.1 Å². The summed E-state index contributed by atoms with van der Waals surface area (Å²) in [6.07, 6.45) is 1.02. The van der Waals surface area contributed by atoms with Crippen LogP contribution in [-0.2, 0) is 11.2 Å². The molecule has 30 heavy (non-hydrogen) atoms. The van der Waals surface area contributed by atoms with Crippen LogP contribution in [0.25, 0.3) is 10.9 Å². The molecule has 5 nitrogen and oxygen atoms in total. The lowest BCUT2D eigenvalue weighted by atomic mass is 10.1.